The molecule has 1 aromatic heterocycles. The Hall–Kier alpha value is 0.580. The highest BCUT2D eigenvalue weighted by molar-refractivity contribution is 9.13. The third-order valence-corrected chi connectivity index (χ3v) is 7.06. The smallest absolute Gasteiger partial charge is 0.0843 e. The molecule has 2 nitrogen and oxygen atoms in total. The van der Waals surface area contributed by atoms with Crippen LogP contribution in [0.5, 0.6) is 0 Å². The Morgan fingerprint density at radius 2 is 2.35 bits per heavy atom. The molecule has 0 amide bonds. The molecule has 1 aromatic rings. The molecule has 1 saturated heterocycles. The van der Waals surface area contributed by atoms with Crippen LogP contribution in [0.25, 0.3) is 0 Å². The van der Waals surface area contributed by atoms with E-state index in [1.54, 1.807) is 0 Å². The molecule has 2 rings (SSSR count). The maximum Gasteiger partial charge on any atom is 0.0843 e. The molecule has 114 valence electrons. The van der Waals surface area contributed by atoms with Crippen LogP contribution in [0.2, 0.25) is 0 Å². The number of thiophene rings is 1. The van der Waals surface area contributed by atoms with E-state index < -0.39 is 0 Å². The topological polar surface area (TPSA) is 21.3 Å². The summed E-state index contributed by atoms with van der Waals surface area (Å²) >= 11 is 9.02. The van der Waals surface area contributed by atoms with E-state index in [0.717, 1.165) is 13.2 Å². The van der Waals surface area contributed by atoms with E-state index in [0.29, 0.717) is 12.1 Å². The minimum Gasteiger partial charge on any atom is -0.378 e. The highest BCUT2D eigenvalue weighted by Crippen LogP contribution is 2.37. The highest BCUT2D eigenvalue weighted by Gasteiger charge is 2.18. The van der Waals surface area contributed by atoms with Crippen LogP contribution in [0.15, 0.2) is 14.3 Å². The number of halogens is 2. The zero-order chi connectivity index (χ0) is 14.4. The molecule has 0 aromatic carbocycles. The summed E-state index contributed by atoms with van der Waals surface area (Å²) in [7, 11) is 0. The second-order valence-electron chi connectivity index (χ2n) is 5.34. The van der Waals surface area contributed by atoms with E-state index in [-0.39, 0.29) is 0 Å². The van der Waals surface area contributed by atoms with Crippen LogP contribution in [0.1, 0.15) is 56.4 Å². The molecular weight excluding hydrogens is 402 g/mol. The molecule has 1 aliphatic heterocycles. The van der Waals surface area contributed by atoms with Crippen molar-refractivity contribution in [2.45, 2.75) is 57.6 Å². The van der Waals surface area contributed by atoms with Crippen molar-refractivity contribution < 1.29 is 4.74 Å². The highest BCUT2D eigenvalue weighted by atomic mass is 79.9. The van der Waals surface area contributed by atoms with Crippen LogP contribution in [0.3, 0.4) is 0 Å². The standard InChI is InChI=1S/C15H23Br2NOS/c1-2-8-18-13(14-10-12(16)15(17)20-14)7-3-5-11-6-4-9-19-11/h10-11,13,18H,2-9H2,1H3. The lowest BCUT2D eigenvalue weighted by atomic mass is 10.0. The molecule has 0 spiro atoms. The van der Waals surface area contributed by atoms with E-state index in [1.807, 2.05) is 11.3 Å². The van der Waals surface area contributed by atoms with Crippen molar-refractivity contribution in [3.05, 3.63) is 19.2 Å². The average Bonchev–Trinajstić information content (AvgIpc) is 3.05. The molecule has 1 fully saturated rings. The van der Waals surface area contributed by atoms with Gasteiger partial charge in [0.25, 0.3) is 0 Å². The Morgan fingerprint density at radius 3 is 2.95 bits per heavy atom. The lowest BCUT2D eigenvalue weighted by molar-refractivity contribution is 0.101. The fourth-order valence-electron chi connectivity index (χ4n) is 2.62. The monoisotopic (exact) mass is 423 g/mol. The molecule has 0 bridgehead atoms. The van der Waals surface area contributed by atoms with Gasteiger partial charge in [-0.3, -0.25) is 0 Å². The zero-order valence-corrected chi connectivity index (χ0v) is 15.9. The Balaban J connectivity index is 1.85. The van der Waals surface area contributed by atoms with Gasteiger partial charge in [0, 0.05) is 22.0 Å². The maximum absolute atomic E-state index is 5.71. The summed E-state index contributed by atoms with van der Waals surface area (Å²) < 4.78 is 8.07. The largest absolute Gasteiger partial charge is 0.378 e. The van der Waals surface area contributed by atoms with Gasteiger partial charge < -0.3 is 10.1 Å². The van der Waals surface area contributed by atoms with Gasteiger partial charge in [-0.25, -0.2) is 0 Å². The van der Waals surface area contributed by atoms with E-state index >= 15 is 0 Å². The first-order valence-electron chi connectivity index (χ1n) is 7.50. The quantitative estimate of drug-likeness (QED) is 0.580. The maximum atomic E-state index is 5.71. The number of hydrogen-bond donors (Lipinski definition) is 1. The summed E-state index contributed by atoms with van der Waals surface area (Å²) in [5.74, 6) is 0. The molecule has 0 aliphatic carbocycles. The molecule has 5 heteroatoms. The Morgan fingerprint density at radius 1 is 1.50 bits per heavy atom. The summed E-state index contributed by atoms with van der Waals surface area (Å²) in [4.78, 5) is 1.42. The summed E-state index contributed by atoms with van der Waals surface area (Å²) in [5.41, 5.74) is 0. The molecule has 20 heavy (non-hydrogen) atoms. The number of hydrogen-bond acceptors (Lipinski definition) is 3. The molecule has 2 atom stereocenters. The summed E-state index contributed by atoms with van der Waals surface area (Å²) in [5, 5.41) is 3.68. The lowest BCUT2D eigenvalue weighted by Gasteiger charge is -2.18. The molecule has 2 unspecified atom stereocenters. The van der Waals surface area contributed by atoms with Gasteiger partial charge >= 0.3 is 0 Å². The van der Waals surface area contributed by atoms with Crippen molar-refractivity contribution in [1.29, 1.82) is 0 Å². The normalized spacial score (nSPS) is 20.4. The van der Waals surface area contributed by atoms with Crippen molar-refractivity contribution in [3.63, 3.8) is 0 Å². The summed E-state index contributed by atoms with van der Waals surface area (Å²) in [6.07, 6.45) is 7.83. The first-order valence-corrected chi connectivity index (χ1v) is 9.90. The molecule has 1 aliphatic rings. The SMILES string of the molecule is CCCNC(CCCC1CCCO1)c1cc(Br)c(Br)s1. The van der Waals surface area contributed by atoms with Gasteiger partial charge in [-0.2, -0.15) is 0 Å². The Labute approximate surface area is 142 Å². The number of ether oxygens (including phenoxy) is 1. The molecule has 1 N–H and O–H groups in total. The van der Waals surface area contributed by atoms with E-state index in [1.165, 1.54) is 51.7 Å². The van der Waals surface area contributed by atoms with Gasteiger partial charge in [0.2, 0.25) is 0 Å². The van der Waals surface area contributed by atoms with Crippen molar-refractivity contribution >= 4 is 43.2 Å². The number of nitrogens with one attached hydrogen (secondary N) is 1. The van der Waals surface area contributed by atoms with Crippen molar-refractivity contribution in [1.82, 2.24) is 5.32 Å². The Bertz CT molecular complexity index is 385. The molecule has 0 radical (unpaired) electrons. The molecular formula is C15H23Br2NOS. The van der Waals surface area contributed by atoms with Gasteiger partial charge in [0.15, 0.2) is 0 Å². The average molecular weight is 425 g/mol. The third kappa shape index (κ3) is 5.09. The van der Waals surface area contributed by atoms with E-state index in [4.69, 9.17) is 4.74 Å². The van der Waals surface area contributed by atoms with Crippen molar-refractivity contribution in [3.8, 4) is 0 Å². The van der Waals surface area contributed by atoms with E-state index in [2.05, 4.69) is 50.2 Å². The second-order valence-corrected chi connectivity index (χ2v) is 8.60. The van der Waals surface area contributed by atoms with Gasteiger partial charge in [0.05, 0.1) is 9.89 Å². The summed E-state index contributed by atoms with van der Waals surface area (Å²) in [6, 6.07) is 2.72. The second kappa shape index (κ2) is 8.89. The predicted molar refractivity (Wildman–Crippen MR) is 93.6 cm³/mol. The van der Waals surface area contributed by atoms with Gasteiger partial charge in [-0.15, -0.1) is 11.3 Å². The van der Waals surface area contributed by atoms with Gasteiger partial charge in [-0.1, -0.05) is 6.92 Å². The van der Waals surface area contributed by atoms with Crippen LogP contribution in [0, 0.1) is 0 Å². The summed E-state index contributed by atoms with van der Waals surface area (Å²) in [6.45, 7) is 4.27. The van der Waals surface area contributed by atoms with Crippen LogP contribution in [-0.4, -0.2) is 19.3 Å². The minimum atomic E-state index is 0.476. The van der Waals surface area contributed by atoms with Crippen LogP contribution in [-0.2, 0) is 4.74 Å². The Kier molecular flexibility index (Phi) is 7.53. The molecule has 0 saturated carbocycles. The van der Waals surface area contributed by atoms with E-state index in [9.17, 15) is 0 Å². The minimum absolute atomic E-state index is 0.476. The lowest BCUT2D eigenvalue weighted by Crippen LogP contribution is -2.21. The zero-order valence-electron chi connectivity index (χ0n) is 12.0. The number of rotatable bonds is 8. The van der Waals surface area contributed by atoms with Crippen molar-refractivity contribution in [2.24, 2.45) is 0 Å². The van der Waals surface area contributed by atoms with Gasteiger partial charge in [-0.05, 0) is 83.0 Å². The third-order valence-electron chi connectivity index (χ3n) is 3.69. The fourth-order valence-corrected chi connectivity index (χ4v) is 4.82. The van der Waals surface area contributed by atoms with Gasteiger partial charge in [0.1, 0.15) is 0 Å². The van der Waals surface area contributed by atoms with Crippen LogP contribution < -0.4 is 5.32 Å². The van der Waals surface area contributed by atoms with Crippen LogP contribution >= 0.6 is 43.2 Å². The molecule has 2 heterocycles. The van der Waals surface area contributed by atoms with Crippen molar-refractivity contribution in [2.75, 3.05) is 13.2 Å². The fraction of sp³-hybridized carbons (Fsp3) is 0.733. The van der Waals surface area contributed by atoms with Crippen LogP contribution in [0.4, 0.5) is 0 Å². The predicted octanol–water partition coefficient (Wildman–Crippen LogP) is 5.66. The first-order chi connectivity index (χ1) is 9.70. The first kappa shape index (κ1) is 16.9.